The van der Waals surface area contributed by atoms with Crippen molar-refractivity contribution in [1.29, 1.82) is 0 Å². The van der Waals surface area contributed by atoms with Crippen LogP contribution in [0.2, 0.25) is 50.2 Å². The van der Waals surface area contributed by atoms with Gasteiger partial charge in [-0.25, -0.2) is 0 Å². The summed E-state index contributed by atoms with van der Waals surface area (Å²) in [5, 5.41) is 111. The van der Waals surface area contributed by atoms with Gasteiger partial charge in [0.2, 0.25) is 0 Å². The number of rotatable bonds is 10. The standard InChI is InChI=1S/2C12H8N2.10C7H5ClO2.2Cd.2Ho/c2*1-3-9-5-6-10-4-2-8-14-12(10)11(9)13-7-1;10*8-6-3-1-5(2-4-6)7(9)10;;;;/h2*1-8H;10*1-4H,(H,9,10);;;;/q;;;;;;;;;;;;2*+2;2*+3/p-10. The zero-order chi connectivity index (χ0) is 94.4. The van der Waals surface area contributed by atoms with Gasteiger partial charge in [0.05, 0.1) is 81.8 Å². The van der Waals surface area contributed by atoms with Crippen molar-refractivity contribution >= 4 is 219 Å². The predicted octanol–water partition coefficient (Wildman–Crippen LogP) is 12.6. The molecule has 0 N–H and O–H groups in total. The molecule has 0 bridgehead atoms. The van der Waals surface area contributed by atoms with E-state index in [1.165, 1.54) is 243 Å². The van der Waals surface area contributed by atoms with Gasteiger partial charge < -0.3 is 99.0 Å². The number of aromatic carboxylic acids is 10. The maximum atomic E-state index is 10.2. The summed E-state index contributed by atoms with van der Waals surface area (Å²) in [5.41, 5.74) is 5.34. The van der Waals surface area contributed by atoms with E-state index in [0.29, 0.717) is 50.2 Å². The van der Waals surface area contributed by atoms with Crippen molar-refractivity contribution in [3.8, 4) is 0 Å². The Labute approximate surface area is 903 Å². The number of carbonyl (C=O) groups is 10. The molecular weight excluding hydrogens is 2410 g/mol. The van der Waals surface area contributed by atoms with Crippen LogP contribution in [0.3, 0.4) is 0 Å². The third kappa shape index (κ3) is 46.3. The summed E-state index contributed by atoms with van der Waals surface area (Å²) in [5.74, 6) is -11.8. The van der Waals surface area contributed by atoms with Gasteiger partial charge in [0.1, 0.15) is 0 Å². The molecule has 0 aliphatic heterocycles. The molecule has 132 heavy (non-hydrogen) atoms. The molecule has 16 aromatic rings. The van der Waals surface area contributed by atoms with Crippen LogP contribution >= 0.6 is 116 Å². The molecule has 0 saturated heterocycles. The maximum absolute atomic E-state index is 10.2. The van der Waals surface area contributed by atoms with Crippen molar-refractivity contribution in [2.75, 3.05) is 0 Å². The quantitative estimate of drug-likeness (QED) is 0.0906. The third-order valence-electron chi connectivity index (χ3n) is 15.5. The number of aromatic nitrogens is 4. The van der Waals surface area contributed by atoms with Gasteiger partial charge in [-0.1, -0.05) is 286 Å². The number of hydrogen-bond donors (Lipinski definition) is 0. The molecule has 24 nitrogen and oxygen atoms in total. The predicted molar refractivity (Wildman–Crippen MR) is 472 cm³/mol. The van der Waals surface area contributed by atoms with E-state index in [-0.39, 0.29) is 186 Å². The van der Waals surface area contributed by atoms with Crippen LogP contribution in [0, 0.1) is 75.5 Å². The zero-order valence-electron chi connectivity index (χ0n) is 67.1. The normalized spacial score (nSPS) is 9.35. The van der Waals surface area contributed by atoms with Crippen LogP contribution in [0.25, 0.3) is 43.6 Å². The van der Waals surface area contributed by atoms with E-state index in [1.54, 1.807) is 24.8 Å². The Morgan fingerprint density at radius 3 is 0.333 bits per heavy atom. The molecule has 0 saturated carbocycles. The summed E-state index contributed by atoms with van der Waals surface area (Å²) in [4.78, 5) is 119. The molecule has 4 heterocycles. The molecule has 668 valence electrons. The van der Waals surface area contributed by atoms with Crippen LogP contribution in [0.5, 0.6) is 0 Å². The molecule has 0 spiro atoms. The topological polar surface area (TPSA) is 453 Å². The van der Waals surface area contributed by atoms with Gasteiger partial charge in [-0.2, -0.15) is 0 Å². The van der Waals surface area contributed by atoms with E-state index in [2.05, 4.69) is 68.5 Å². The van der Waals surface area contributed by atoms with Crippen LogP contribution in [-0.2, 0) is 54.6 Å². The first-order valence-corrected chi connectivity index (χ1v) is 39.5. The van der Waals surface area contributed by atoms with Gasteiger partial charge in [0.15, 0.2) is 0 Å². The minimum atomic E-state index is -1.18. The molecule has 4 aromatic heterocycles. The molecule has 0 radical (unpaired) electrons. The van der Waals surface area contributed by atoms with Gasteiger partial charge in [-0.3, -0.25) is 19.9 Å². The van der Waals surface area contributed by atoms with Crippen LogP contribution in [-0.4, -0.2) is 79.6 Å². The Kier molecular flexibility index (Phi) is 59.2. The number of carbonyl (C=O) groups excluding carboxylic acids is 10. The molecule has 0 atom stereocenters. The fourth-order valence-electron chi connectivity index (χ4n) is 9.22. The summed E-state index contributed by atoms with van der Waals surface area (Å²) in [6.07, 6.45) is 7.21. The number of carboxylic acids is 10. The minimum Gasteiger partial charge on any atom is -0.545 e. The summed E-state index contributed by atoms with van der Waals surface area (Å²) < 4.78 is 0. The van der Waals surface area contributed by atoms with Crippen molar-refractivity contribution in [1.82, 2.24) is 19.9 Å². The third-order valence-corrected chi connectivity index (χ3v) is 18.0. The average molecular weight is 2470 g/mol. The Bertz CT molecular complexity index is 5250. The Morgan fingerprint density at radius 1 is 0.159 bits per heavy atom. The second-order valence-electron chi connectivity index (χ2n) is 24.4. The fourth-order valence-corrected chi connectivity index (χ4v) is 10.5. The summed E-state index contributed by atoms with van der Waals surface area (Å²) >= 11 is 55.0. The largest absolute Gasteiger partial charge is 3.00 e. The molecule has 0 fully saturated rings. The van der Waals surface area contributed by atoms with Gasteiger partial charge in [0, 0.05) is 96.6 Å². The van der Waals surface area contributed by atoms with E-state index in [9.17, 15) is 99.0 Å². The first-order valence-electron chi connectivity index (χ1n) is 35.8. The number of fused-ring (bicyclic) bond motifs is 6. The Hall–Kier alpha value is -9.76. The Morgan fingerprint density at radius 2 is 0.250 bits per heavy atom. The van der Waals surface area contributed by atoms with Gasteiger partial charge in [-0.05, 0) is 201 Å². The smallest absolute Gasteiger partial charge is 0.545 e. The molecule has 0 aliphatic rings. The number of benzene rings is 12. The number of nitrogens with zero attached hydrogens (tertiary/aromatic N) is 4. The second kappa shape index (κ2) is 65.0. The van der Waals surface area contributed by atoms with Crippen LogP contribution < -0.4 is 51.1 Å². The summed E-state index contributed by atoms with van der Waals surface area (Å²) in [7, 11) is 0. The maximum Gasteiger partial charge on any atom is 3.00 e. The number of hydrogen-bond acceptors (Lipinski definition) is 24. The summed E-state index contributed by atoms with van der Waals surface area (Å²) in [6.45, 7) is 0. The van der Waals surface area contributed by atoms with E-state index < -0.39 is 59.7 Å². The van der Waals surface area contributed by atoms with Crippen molar-refractivity contribution in [3.05, 3.63) is 446 Å². The van der Waals surface area contributed by atoms with E-state index in [1.807, 2.05) is 24.3 Å². The second-order valence-corrected chi connectivity index (χ2v) is 28.7. The van der Waals surface area contributed by atoms with E-state index in [0.717, 1.165) is 43.6 Å². The van der Waals surface area contributed by atoms with Crippen molar-refractivity contribution in [2.45, 2.75) is 0 Å². The SMILES string of the molecule is O=C([O-])c1ccc(Cl)cc1.O=C([O-])c1ccc(Cl)cc1.O=C([O-])c1ccc(Cl)cc1.O=C([O-])c1ccc(Cl)cc1.O=C([O-])c1ccc(Cl)cc1.O=C([O-])c1ccc(Cl)cc1.O=C([O-])c1ccc(Cl)cc1.O=C([O-])c1ccc(Cl)cc1.O=C([O-])c1ccc(Cl)cc1.O=C([O-])c1ccc(Cl)cc1.[Cd+2].[Cd+2].[Ho+3].[Ho+3].c1cnc2c(c1)ccc1cccnc12.c1cnc2c(c1)ccc1cccnc12. The number of carboxylic acid groups (broad SMARTS) is 10. The zero-order valence-corrected chi connectivity index (χ0v) is 86.6. The minimum absolute atomic E-state index is 0. The molecule has 16 rings (SSSR count). The monoisotopic (exact) mass is 2470 g/mol. The molecule has 38 heteroatoms. The summed E-state index contributed by atoms with van der Waals surface area (Å²) in [6, 6.07) is 82.4. The molecule has 12 aromatic carbocycles. The van der Waals surface area contributed by atoms with Crippen LogP contribution in [0.4, 0.5) is 0 Å². The first kappa shape index (κ1) is 120. The van der Waals surface area contributed by atoms with Gasteiger partial charge in [0.25, 0.3) is 0 Å². The van der Waals surface area contributed by atoms with Crippen molar-refractivity contribution < 1.29 is 229 Å². The number of pyridine rings is 4. The average Bonchev–Trinajstić information content (AvgIpc) is 0.800. The number of halogens is 10. The van der Waals surface area contributed by atoms with Crippen molar-refractivity contribution in [3.63, 3.8) is 0 Å². The molecule has 0 unspecified atom stereocenters. The van der Waals surface area contributed by atoms with Gasteiger partial charge >= 0.3 is 130 Å². The van der Waals surface area contributed by atoms with Gasteiger partial charge in [-0.15, -0.1) is 0 Å². The molecule has 0 aliphatic carbocycles. The first-order chi connectivity index (χ1) is 60.9. The molecule has 0 amide bonds. The van der Waals surface area contributed by atoms with E-state index in [4.69, 9.17) is 116 Å². The molecular formula is C94H56Cd2Cl10Ho2N4O20. The fraction of sp³-hybridized carbons (Fsp3) is 0. The Balaban J connectivity index is 0.000000720. The van der Waals surface area contributed by atoms with E-state index >= 15 is 0 Å². The van der Waals surface area contributed by atoms with Crippen molar-refractivity contribution in [2.24, 2.45) is 0 Å². The van der Waals surface area contributed by atoms with Crippen LogP contribution in [0.1, 0.15) is 104 Å². The van der Waals surface area contributed by atoms with Crippen LogP contribution in [0.15, 0.2) is 340 Å².